The highest BCUT2D eigenvalue weighted by molar-refractivity contribution is 5.85. The van der Waals surface area contributed by atoms with Gasteiger partial charge in [-0.3, -0.25) is 0 Å². The Balaban J connectivity index is 1.35. The first kappa shape index (κ1) is 18.9. The molecule has 2 N–H and O–H groups in total. The van der Waals surface area contributed by atoms with Gasteiger partial charge in [0.05, 0.1) is 11.6 Å². The third-order valence-corrected chi connectivity index (χ3v) is 9.69. The van der Waals surface area contributed by atoms with Gasteiger partial charge in [0, 0.05) is 28.9 Å². The fourth-order valence-corrected chi connectivity index (χ4v) is 8.43. The molecule has 3 fully saturated rings. The van der Waals surface area contributed by atoms with Crippen LogP contribution in [-0.4, -0.2) is 35.6 Å². The molecule has 4 heteroatoms. The highest BCUT2D eigenvalue weighted by Crippen LogP contribution is 2.68. The van der Waals surface area contributed by atoms with Gasteiger partial charge in [-0.15, -0.1) is 0 Å². The van der Waals surface area contributed by atoms with Crippen LogP contribution in [0.3, 0.4) is 0 Å². The minimum Gasteiger partial charge on any atom is -0.358 e. The molecule has 5 aliphatic rings. The van der Waals surface area contributed by atoms with Gasteiger partial charge < -0.3 is 19.8 Å². The van der Waals surface area contributed by atoms with E-state index >= 15 is 0 Å². The predicted octanol–water partition coefficient (Wildman–Crippen LogP) is 5.05. The summed E-state index contributed by atoms with van der Waals surface area (Å²) in [6, 6.07) is 9.10. The lowest BCUT2D eigenvalue weighted by molar-refractivity contribution is -0.200. The molecule has 4 nitrogen and oxygen atoms in total. The second-order valence-corrected chi connectivity index (χ2v) is 11.6. The molecule has 2 bridgehead atoms. The Labute approximate surface area is 184 Å². The van der Waals surface area contributed by atoms with Gasteiger partial charge in [-0.05, 0) is 81.0 Å². The largest absolute Gasteiger partial charge is 0.358 e. The highest BCUT2D eigenvalue weighted by Gasteiger charge is 2.66. The number of rotatable bonds is 1. The Morgan fingerprint density at radius 3 is 2.77 bits per heavy atom. The Kier molecular flexibility index (Phi) is 3.56. The van der Waals surface area contributed by atoms with Crippen molar-refractivity contribution in [3.63, 3.8) is 0 Å². The first-order valence-electron chi connectivity index (χ1n) is 12.2. The first-order valence-corrected chi connectivity index (χ1v) is 12.2. The second kappa shape index (κ2) is 5.84. The van der Waals surface area contributed by atoms with Crippen molar-refractivity contribution in [2.75, 3.05) is 7.05 Å². The fraction of sp³-hybridized carbons (Fsp3) is 0.630. The van der Waals surface area contributed by atoms with Crippen LogP contribution in [0.2, 0.25) is 0 Å². The zero-order valence-corrected chi connectivity index (χ0v) is 19.1. The summed E-state index contributed by atoms with van der Waals surface area (Å²) in [7, 11) is 2.05. The third-order valence-electron chi connectivity index (χ3n) is 9.69. The molecule has 1 aromatic carbocycles. The molecule has 7 atom stereocenters. The lowest BCUT2D eigenvalue weighted by Gasteiger charge is -2.57. The maximum atomic E-state index is 6.78. The molecule has 3 heterocycles. The number of nitrogens with one attached hydrogen (secondary N) is 2. The van der Waals surface area contributed by atoms with Gasteiger partial charge in [-0.1, -0.05) is 31.2 Å². The predicted molar refractivity (Wildman–Crippen MR) is 122 cm³/mol. The van der Waals surface area contributed by atoms with E-state index in [2.05, 4.69) is 68.5 Å². The Morgan fingerprint density at radius 2 is 1.94 bits per heavy atom. The van der Waals surface area contributed by atoms with E-state index in [1.54, 1.807) is 5.56 Å². The number of ether oxygens (including phenoxy) is 2. The summed E-state index contributed by atoms with van der Waals surface area (Å²) in [4.78, 5) is 3.88. The van der Waals surface area contributed by atoms with Crippen molar-refractivity contribution in [3.05, 3.63) is 47.2 Å². The number of likely N-dealkylation sites (N-methyl/N-ethyl adjacent to an activating group) is 1. The molecule has 0 radical (unpaired) electrons. The molecule has 1 saturated heterocycles. The van der Waals surface area contributed by atoms with Crippen molar-refractivity contribution < 1.29 is 9.47 Å². The van der Waals surface area contributed by atoms with Crippen LogP contribution in [0.5, 0.6) is 0 Å². The molecular weight excluding hydrogens is 384 g/mol. The SMILES string of the molecule is CNC1C=C2C3CCC4Cc5c([nH]c6ccccc56)C4C3(C)CCC23OC1C(C)(C)O3. The number of fused-ring (bicyclic) bond motifs is 9. The van der Waals surface area contributed by atoms with Crippen LogP contribution in [0, 0.1) is 17.3 Å². The maximum Gasteiger partial charge on any atom is 0.192 e. The van der Waals surface area contributed by atoms with Gasteiger partial charge >= 0.3 is 0 Å². The summed E-state index contributed by atoms with van der Waals surface area (Å²) in [5.41, 5.74) is 5.84. The number of hydrogen-bond donors (Lipinski definition) is 2. The topological polar surface area (TPSA) is 46.3 Å². The van der Waals surface area contributed by atoms with Crippen LogP contribution in [-0.2, 0) is 15.9 Å². The van der Waals surface area contributed by atoms with Gasteiger partial charge in [0.15, 0.2) is 5.79 Å². The third kappa shape index (κ3) is 2.22. The van der Waals surface area contributed by atoms with Crippen LogP contribution < -0.4 is 5.32 Å². The summed E-state index contributed by atoms with van der Waals surface area (Å²) in [6.45, 7) is 6.97. The Morgan fingerprint density at radius 1 is 1.10 bits per heavy atom. The molecule has 1 spiro atoms. The van der Waals surface area contributed by atoms with E-state index in [0.717, 1.165) is 18.8 Å². The van der Waals surface area contributed by atoms with Crippen LogP contribution in [0.25, 0.3) is 10.9 Å². The summed E-state index contributed by atoms with van der Waals surface area (Å²) in [5.74, 6) is 1.39. The molecule has 31 heavy (non-hydrogen) atoms. The minimum absolute atomic E-state index is 0.0775. The molecule has 164 valence electrons. The van der Waals surface area contributed by atoms with E-state index in [4.69, 9.17) is 9.47 Å². The van der Waals surface area contributed by atoms with E-state index in [-0.39, 0.29) is 23.2 Å². The number of aromatic amines is 1. The molecule has 2 saturated carbocycles. The molecule has 2 aromatic rings. The number of benzene rings is 1. The average Bonchev–Trinajstić information content (AvgIpc) is 3.35. The van der Waals surface area contributed by atoms with E-state index in [1.165, 1.54) is 41.4 Å². The Hall–Kier alpha value is -1.62. The lowest BCUT2D eigenvalue weighted by Crippen LogP contribution is -2.55. The molecule has 7 rings (SSSR count). The summed E-state index contributed by atoms with van der Waals surface area (Å²) >= 11 is 0. The normalized spacial score (nSPS) is 44.4. The maximum absolute atomic E-state index is 6.78. The van der Waals surface area contributed by atoms with Crippen molar-refractivity contribution in [2.45, 2.75) is 82.3 Å². The molecule has 0 amide bonds. The van der Waals surface area contributed by atoms with Gasteiger partial charge in [0.2, 0.25) is 0 Å². The zero-order valence-electron chi connectivity index (χ0n) is 19.1. The van der Waals surface area contributed by atoms with Crippen molar-refractivity contribution >= 4 is 10.9 Å². The molecule has 3 aliphatic carbocycles. The monoisotopic (exact) mass is 418 g/mol. The molecular formula is C27H34N2O2. The lowest BCUT2D eigenvalue weighted by atomic mass is 9.50. The number of hydrogen-bond acceptors (Lipinski definition) is 3. The zero-order chi connectivity index (χ0) is 21.2. The summed E-state index contributed by atoms with van der Waals surface area (Å²) in [6.07, 6.45) is 8.51. The van der Waals surface area contributed by atoms with E-state index in [0.29, 0.717) is 11.8 Å². The van der Waals surface area contributed by atoms with Crippen LogP contribution in [0.15, 0.2) is 35.9 Å². The van der Waals surface area contributed by atoms with Gasteiger partial charge in [-0.2, -0.15) is 0 Å². The van der Waals surface area contributed by atoms with E-state index in [9.17, 15) is 0 Å². The van der Waals surface area contributed by atoms with Crippen LogP contribution >= 0.6 is 0 Å². The molecule has 7 unspecified atom stereocenters. The average molecular weight is 419 g/mol. The fourth-order valence-electron chi connectivity index (χ4n) is 8.43. The smallest absolute Gasteiger partial charge is 0.192 e. The summed E-state index contributed by atoms with van der Waals surface area (Å²) < 4.78 is 13.6. The van der Waals surface area contributed by atoms with Crippen LogP contribution in [0.1, 0.15) is 63.6 Å². The second-order valence-electron chi connectivity index (χ2n) is 11.6. The number of aromatic nitrogens is 1. The Bertz CT molecular complexity index is 1120. The van der Waals surface area contributed by atoms with Gasteiger partial charge in [-0.25, -0.2) is 0 Å². The molecule has 1 aromatic heterocycles. The molecule has 2 aliphatic heterocycles. The number of H-pyrrole nitrogens is 1. The number of para-hydroxylation sites is 1. The van der Waals surface area contributed by atoms with Crippen molar-refractivity contribution in [2.24, 2.45) is 17.3 Å². The van der Waals surface area contributed by atoms with E-state index < -0.39 is 5.79 Å². The minimum atomic E-state index is -0.500. The van der Waals surface area contributed by atoms with Crippen molar-refractivity contribution in [3.8, 4) is 0 Å². The first-order chi connectivity index (χ1) is 14.9. The van der Waals surface area contributed by atoms with Crippen molar-refractivity contribution in [1.29, 1.82) is 0 Å². The summed E-state index contributed by atoms with van der Waals surface area (Å²) in [5, 5.41) is 4.96. The standard InChI is InChI=1S/C27H34N2O2/c1-25(2)24-21(28-4)14-19-18-10-9-15-13-17-16-7-5-6-8-20(16)29-23(17)22(15)26(18,3)11-12-27(19,30-24)31-25/h5-8,14-15,18,21-22,24,28-29H,9-13H2,1-4H3. The van der Waals surface area contributed by atoms with Crippen molar-refractivity contribution in [1.82, 2.24) is 10.3 Å². The van der Waals surface area contributed by atoms with Gasteiger partial charge in [0.25, 0.3) is 0 Å². The quantitative estimate of drug-likeness (QED) is 0.637. The van der Waals surface area contributed by atoms with Crippen LogP contribution in [0.4, 0.5) is 0 Å². The van der Waals surface area contributed by atoms with E-state index in [1.807, 2.05) is 0 Å². The van der Waals surface area contributed by atoms with Gasteiger partial charge in [0.1, 0.15) is 6.10 Å². The highest BCUT2D eigenvalue weighted by atomic mass is 16.8.